The van der Waals surface area contributed by atoms with Gasteiger partial charge in [-0.3, -0.25) is 4.90 Å². The number of nitrogens with two attached hydrogens (primary N) is 1. The van der Waals surface area contributed by atoms with Crippen molar-refractivity contribution in [2.75, 3.05) is 57.4 Å². The molecule has 0 bridgehead atoms. The number of piperazine rings is 1. The molecule has 0 amide bonds. The van der Waals surface area contributed by atoms with Crippen molar-refractivity contribution in [2.24, 2.45) is 0 Å². The van der Waals surface area contributed by atoms with Crippen molar-refractivity contribution >= 4 is 11.4 Å². The molecule has 0 saturated carbocycles. The van der Waals surface area contributed by atoms with Crippen molar-refractivity contribution in [3.63, 3.8) is 0 Å². The zero-order valence-electron chi connectivity index (χ0n) is 13.4. The zero-order chi connectivity index (χ0) is 15.2. The maximum atomic E-state index is 6.16. The molecule has 0 radical (unpaired) electrons. The highest BCUT2D eigenvalue weighted by molar-refractivity contribution is 5.72. The molecule has 0 unspecified atom stereocenters. The Labute approximate surface area is 128 Å². The van der Waals surface area contributed by atoms with Crippen LogP contribution in [0.4, 0.5) is 11.4 Å². The van der Waals surface area contributed by atoms with Crippen LogP contribution in [0.15, 0.2) is 18.2 Å². The van der Waals surface area contributed by atoms with Gasteiger partial charge in [0.15, 0.2) is 0 Å². The van der Waals surface area contributed by atoms with E-state index in [4.69, 9.17) is 10.5 Å². The van der Waals surface area contributed by atoms with Crippen LogP contribution in [0.25, 0.3) is 0 Å². The molecule has 21 heavy (non-hydrogen) atoms. The van der Waals surface area contributed by atoms with Crippen molar-refractivity contribution in [1.82, 2.24) is 9.80 Å². The summed E-state index contributed by atoms with van der Waals surface area (Å²) in [6.45, 7) is 10.6. The van der Waals surface area contributed by atoms with E-state index >= 15 is 0 Å². The number of nitrogens with one attached hydrogen (secondary N) is 1. The normalized spacial score (nSPS) is 17.1. The predicted molar refractivity (Wildman–Crippen MR) is 89.0 cm³/mol. The van der Waals surface area contributed by atoms with E-state index in [0.717, 1.165) is 50.7 Å². The highest BCUT2D eigenvalue weighted by Gasteiger charge is 2.13. The standard InChI is InChI=1S/C16H28N4O/c1-13(2)21-15-6-4-5-14(16(15)17)18-7-8-20-11-9-19(3)10-12-20/h4-6,13,18H,7-12,17H2,1-3H3. The highest BCUT2D eigenvalue weighted by atomic mass is 16.5. The van der Waals surface area contributed by atoms with Crippen LogP contribution < -0.4 is 15.8 Å². The molecule has 0 atom stereocenters. The summed E-state index contributed by atoms with van der Waals surface area (Å²) >= 11 is 0. The first-order chi connectivity index (χ1) is 10.1. The second kappa shape index (κ2) is 7.52. The number of hydrogen-bond acceptors (Lipinski definition) is 5. The van der Waals surface area contributed by atoms with E-state index in [0.29, 0.717) is 5.69 Å². The first-order valence-electron chi connectivity index (χ1n) is 7.76. The molecule has 0 spiro atoms. The minimum Gasteiger partial charge on any atom is -0.489 e. The van der Waals surface area contributed by atoms with Gasteiger partial charge in [-0.15, -0.1) is 0 Å². The smallest absolute Gasteiger partial charge is 0.144 e. The average molecular weight is 292 g/mol. The minimum absolute atomic E-state index is 0.132. The third kappa shape index (κ3) is 4.79. The fraction of sp³-hybridized carbons (Fsp3) is 0.625. The summed E-state index contributed by atoms with van der Waals surface area (Å²) in [7, 11) is 2.18. The number of ether oxygens (including phenoxy) is 1. The van der Waals surface area contributed by atoms with Crippen molar-refractivity contribution < 1.29 is 4.74 Å². The summed E-state index contributed by atoms with van der Waals surface area (Å²) in [6.07, 6.45) is 0.132. The van der Waals surface area contributed by atoms with Gasteiger partial charge in [-0.2, -0.15) is 0 Å². The number of para-hydroxylation sites is 1. The van der Waals surface area contributed by atoms with Crippen LogP contribution in [0.3, 0.4) is 0 Å². The largest absolute Gasteiger partial charge is 0.489 e. The van der Waals surface area contributed by atoms with Crippen molar-refractivity contribution in [3.8, 4) is 5.75 Å². The number of nitrogens with zero attached hydrogens (tertiary/aromatic N) is 2. The van der Waals surface area contributed by atoms with Crippen LogP contribution in [0.5, 0.6) is 5.75 Å². The Morgan fingerprint density at radius 1 is 1.24 bits per heavy atom. The second-order valence-corrected chi connectivity index (χ2v) is 5.96. The Bertz CT molecular complexity index is 442. The van der Waals surface area contributed by atoms with Crippen LogP contribution in [0, 0.1) is 0 Å². The maximum absolute atomic E-state index is 6.16. The summed E-state index contributed by atoms with van der Waals surface area (Å²) in [4.78, 5) is 4.85. The van der Waals surface area contributed by atoms with E-state index < -0.39 is 0 Å². The topological polar surface area (TPSA) is 53.8 Å². The quantitative estimate of drug-likeness (QED) is 0.782. The molecule has 3 N–H and O–H groups in total. The lowest BCUT2D eigenvalue weighted by molar-refractivity contribution is 0.158. The van der Waals surface area contributed by atoms with Crippen LogP contribution >= 0.6 is 0 Å². The number of anilines is 2. The van der Waals surface area contributed by atoms with Crippen molar-refractivity contribution in [1.29, 1.82) is 0 Å². The molecule has 0 aliphatic carbocycles. The van der Waals surface area contributed by atoms with E-state index in [2.05, 4.69) is 22.2 Å². The molecule has 5 heteroatoms. The SMILES string of the molecule is CC(C)Oc1cccc(NCCN2CCN(C)CC2)c1N. The Morgan fingerprint density at radius 3 is 2.62 bits per heavy atom. The van der Waals surface area contributed by atoms with E-state index in [1.165, 1.54) is 0 Å². The summed E-state index contributed by atoms with van der Waals surface area (Å²) in [5, 5.41) is 3.42. The van der Waals surface area contributed by atoms with Gasteiger partial charge in [0.25, 0.3) is 0 Å². The Morgan fingerprint density at radius 2 is 1.95 bits per heavy atom. The molecule has 1 aliphatic heterocycles. The van der Waals surface area contributed by atoms with Gasteiger partial charge in [0.05, 0.1) is 17.5 Å². The molecule has 5 nitrogen and oxygen atoms in total. The molecule has 1 saturated heterocycles. The second-order valence-electron chi connectivity index (χ2n) is 5.96. The van der Waals surface area contributed by atoms with Crippen LogP contribution in [0.1, 0.15) is 13.8 Å². The van der Waals surface area contributed by atoms with Crippen LogP contribution in [0.2, 0.25) is 0 Å². The molecular formula is C16H28N4O. The fourth-order valence-corrected chi connectivity index (χ4v) is 2.48. The maximum Gasteiger partial charge on any atom is 0.144 e. The third-order valence-corrected chi connectivity index (χ3v) is 3.77. The van der Waals surface area contributed by atoms with Gasteiger partial charge in [0, 0.05) is 39.3 Å². The monoisotopic (exact) mass is 292 g/mol. The van der Waals surface area contributed by atoms with Crippen molar-refractivity contribution in [3.05, 3.63) is 18.2 Å². The summed E-state index contributed by atoms with van der Waals surface area (Å²) in [5.74, 6) is 0.759. The first-order valence-corrected chi connectivity index (χ1v) is 7.76. The lowest BCUT2D eigenvalue weighted by atomic mass is 10.2. The van der Waals surface area contributed by atoms with Crippen LogP contribution in [-0.4, -0.2) is 62.2 Å². The number of hydrogen-bond donors (Lipinski definition) is 2. The molecule has 1 heterocycles. The lowest BCUT2D eigenvalue weighted by Crippen LogP contribution is -2.45. The molecule has 0 aromatic heterocycles. The highest BCUT2D eigenvalue weighted by Crippen LogP contribution is 2.29. The molecule has 1 fully saturated rings. The van der Waals surface area contributed by atoms with E-state index in [9.17, 15) is 0 Å². The van der Waals surface area contributed by atoms with E-state index in [1.807, 2.05) is 32.0 Å². The first kappa shape index (κ1) is 15.9. The number of nitrogen functional groups attached to an aromatic ring is 1. The van der Waals surface area contributed by atoms with Gasteiger partial charge in [-0.1, -0.05) is 6.07 Å². The molecule has 2 rings (SSSR count). The summed E-state index contributed by atoms with van der Waals surface area (Å²) in [5.41, 5.74) is 7.82. The minimum atomic E-state index is 0.132. The van der Waals surface area contributed by atoms with E-state index in [1.54, 1.807) is 0 Å². The number of benzene rings is 1. The summed E-state index contributed by atoms with van der Waals surface area (Å²) in [6, 6.07) is 5.90. The molecule has 1 aromatic carbocycles. The number of rotatable bonds is 6. The molecular weight excluding hydrogens is 264 g/mol. The Balaban J connectivity index is 1.83. The van der Waals surface area contributed by atoms with Gasteiger partial charge >= 0.3 is 0 Å². The molecule has 118 valence electrons. The average Bonchev–Trinajstić information content (AvgIpc) is 2.44. The molecule has 1 aromatic rings. The van der Waals surface area contributed by atoms with Gasteiger partial charge in [0.1, 0.15) is 5.75 Å². The number of likely N-dealkylation sites (N-methyl/N-ethyl adjacent to an activating group) is 1. The molecule has 1 aliphatic rings. The Hall–Kier alpha value is -1.46. The van der Waals surface area contributed by atoms with Gasteiger partial charge in [-0.05, 0) is 33.0 Å². The van der Waals surface area contributed by atoms with Gasteiger partial charge in [-0.25, -0.2) is 0 Å². The summed E-state index contributed by atoms with van der Waals surface area (Å²) < 4.78 is 5.71. The van der Waals surface area contributed by atoms with Gasteiger partial charge in [0.2, 0.25) is 0 Å². The van der Waals surface area contributed by atoms with Gasteiger partial charge < -0.3 is 20.7 Å². The van der Waals surface area contributed by atoms with Crippen molar-refractivity contribution in [2.45, 2.75) is 20.0 Å². The fourth-order valence-electron chi connectivity index (χ4n) is 2.48. The lowest BCUT2D eigenvalue weighted by Gasteiger charge is -2.32. The van der Waals surface area contributed by atoms with Crippen LogP contribution in [-0.2, 0) is 0 Å². The van der Waals surface area contributed by atoms with E-state index in [-0.39, 0.29) is 6.10 Å². The third-order valence-electron chi connectivity index (χ3n) is 3.77. The Kier molecular flexibility index (Phi) is 5.70. The predicted octanol–water partition coefficient (Wildman–Crippen LogP) is 1.72. The zero-order valence-corrected chi connectivity index (χ0v) is 13.4.